The Balaban J connectivity index is 2.16. The van der Waals surface area contributed by atoms with E-state index in [1.54, 1.807) is 0 Å². The molecular weight excluding hydrogens is 422 g/mol. The summed E-state index contributed by atoms with van der Waals surface area (Å²) in [4.78, 5) is 0. The number of hydrogen-bond donors (Lipinski definition) is 0. The quantitative estimate of drug-likeness (QED) is 0.225. The molecule has 0 saturated heterocycles. The van der Waals surface area contributed by atoms with Gasteiger partial charge in [0.1, 0.15) is 0 Å². The minimum Gasteiger partial charge on any atom is -0.198 e. The van der Waals surface area contributed by atoms with Gasteiger partial charge in [-0.05, 0) is 116 Å². The van der Waals surface area contributed by atoms with Crippen LogP contribution in [0.5, 0.6) is 0 Å². The van der Waals surface area contributed by atoms with Crippen molar-refractivity contribution in [3.63, 3.8) is 0 Å². The standard InChI is InChI=1S/C34H61N/c1-11-28(24(3)4)16-15-27(8)30-17-18-31-29(12-2)32(20-22-34(30,31)10)33(9,25(5)6)21-19-26(7)14-13-23-35/h24,26-32H,5,11-22H2,1-4,6-10H3/t26?,27-,28-,29+,30-,31+,32?,33+,34-/m1/s1. The second-order valence-corrected chi connectivity index (χ2v) is 14.0. The third kappa shape index (κ3) is 6.76. The van der Waals surface area contributed by atoms with Crippen LogP contribution in [0.1, 0.15) is 139 Å². The molecule has 0 aromatic rings. The maximum atomic E-state index is 9.01. The third-order valence-corrected chi connectivity index (χ3v) is 11.8. The Hall–Kier alpha value is -0.770. The van der Waals surface area contributed by atoms with E-state index in [4.69, 9.17) is 5.26 Å². The largest absolute Gasteiger partial charge is 0.198 e. The van der Waals surface area contributed by atoms with Crippen LogP contribution in [0.25, 0.3) is 0 Å². The number of fused-ring (bicyclic) bond motifs is 1. The highest BCUT2D eigenvalue weighted by Crippen LogP contribution is 2.65. The van der Waals surface area contributed by atoms with Gasteiger partial charge in [0.25, 0.3) is 0 Å². The Labute approximate surface area is 220 Å². The number of rotatable bonds is 14. The monoisotopic (exact) mass is 483 g/mol. The van der Waals surface area contributed by atoms with Gasteiger partial charge < -0.3 is 0 Å². The summed E-state index contributed by atoms with van der Waals surface area (Å²) in [6, 6.07) is 2.35. The highest BCUT2D eigenvalue weighted by molar-refractivity contribution is 5.14. The predicted molar refractivity (Wildman–Crippen MR) is 154 cm³/mol. The van der Waals surface area contributed by atoms with E-state index in [9.17, 15) is 0 Å². The lowest BCUT2D eigenvalue weighted by molar-refractivity contribution is -0.0437. The molecule has 0 aliphatic heterocycles. The molecule has 2 saturated carbocycles. The molecule has 0 spiro atoms. The van der Waals surface area contributed by atoms with Crippen LogP contribution in [0.3, 0.4) is 0 Å². The number of hydrogen-bond acceptors (Lipinski definition) is 1. The van der Waals surface area contributed by atoms with Crippen LogP contribution in [0.4, 0.5) is 0 Å². The molecule has 35 heavy (non-hydrogen) atoms. The van der Waals surface area contributed by atoms with Crippen LogP contribution in [0.15, 0.2) is 12.2 Å². The molecule has 1 nitrogen and oxygen atoms in total. The van der Waals surface area contributed by atoms with Crippen molar-refractivity contribution in [3.8, 4) is 6.07 Å². The lowest BCUT2D eigenvalue weighted by atomic mass is 9.50. The molecule has 0 heterocycles. The minimum atomic E-state index is 0.234. The van der Waals surface area contributed by atoms with E-state index in [2.05, 4.69) is 75.0 Å². The first-order valence-electron chi connectivity index (χ1n) is 15.5. The predicted octanol–water partition coefficient (Wildman–Crippen LogP) is 10.9. The van der Waals surface area contributed by atoms with Crippen LogP contribution >= 0.6 is 0 Å². The molecule has 0 bridgehead atoms. The van der Waals surface area contributed by atoms with E-state index in [-0.39, 0.29) is 5.41 Å². The minimum absolute atomic E-state index is 0.234. The Morgan fingerprint density at radius 2 is 1.74 bits per heavy atom. The van der Waals surface area contributed by atoms with E-state index < -0.39 is 0 Å². The van der Waals surface area contributed by atoms with Gasteiger partial charge in [-0.15, -0.1) is 0 Å². The Morgan fingerprint density at radius 3 is 2.29 bits per heavy atom. The van der Waals surface area contributed by atoms with Gasteiger partial charge in [0.15, 0.2) is 0 Å². The molecule has 2 fully saturated rings. The van der Waals surface area contributed by atoms with Crippen molar-refractivity contribution in [2.75, 3.05) is 0 Å². The maximum absolute atomic E-state index is 9.01. The first-order chi connectivity index (χ1) is 16.5. The van der Waals surface area contributed by atoms with Crippen LogP contribution in [0.2, 0.25) is 0 Å². The first kappa shape index (κ1) is 30.5. The van der Waals surface area contributed by atoms with Crippen molar-refractivity contribution in [2.24, 2.45) is 58.2 Å². The fraction of sp³-hybridized carbons (Fsp3) is 0.912. The molecular formula is C34H61N. The molecule has 2 rings (SSSR count). The molecule has 0 N–H and O–H groups in total. The van der Waals surface area contributed by atoms with E-state index in [1.807, 2.05) is 0 Å². The Morgan fingerprint density at radius 1 is 1.06 bits per heavy atom. The summed E-state index contributed by atoms with van der Waals surface area (Å²) >= 11 is 0. The summed E-state index contributed by atoms with van der Waals surface area (Å²) in [6.45, 7) is 26.8. The lowest BCUT2D eigenvalue weighted by Crippen LogP contribution is -2.47. The normalized spacial score (nSPS) is 32.9. The van der Waals surface area contributed by atoms with Gasteiger partial charge in [-0.3, -0.25) is 0 Å². The summed E-state index contributed by atoms with van der Waals surface area (Å²) < 4.78 is 0. The molecule has 2 aliphatic carbocycles. The zero-order valence-electron chi connectivity index (χ0n) is 25.3. The topological polar surface area (TPSA) is 23.8 Å². The van der Waals surface area contributed by atoms with Crippen LogP contribution in [0, 0.1) is 69.5 Å². The third-order valence-electron chi connectivity index (χ3n) is 11.8. The Bertz CT molecular complexity index is 700. The van der Waals surface area contributed by atoms with Crippen molar-refractivity contribution in [2.45, 2.75) is 139 Å². The summed E-state index contributed by atoms with van der Waals surface area (Å²) in [6.07, 6.45) is 15.4. The average Bonchev–Trinajstić information content (AvgIpc) is 3.17. The Kier molecular flexibility index (Phi) is 11.4. The fourth-order valence-corrected chi connectivity index (χ4v) is 9.03. The second-order valence-electron chi connectivity index (χ2n) is 14.0. The van der Waals surface area contributed by atoms with Gasteiger partial charge in [-0.2, -0.15) is 5.26 Å². The molecule has 2 unspecified atom stereocenters. The van der Waals surface area contributed by atoms with Crippen LogP contribution < -0.4 is 0 Å². The van der Waals surface area contributed by atoms with Gasteiger partial charge in [0.05, 0.1) is 6.07 Å². The van der Waals surface area contributed by atoms with E-state index in [0.717, 1.165) is 47.8 Å². The maximum Gasteiger partial charge on any atom is 0.0621 e. The van der Waals surface area contributed by atoms with Gasteiger partial charge in [0.2, 0.25) is 0 Å². The van der Waals surface area contributed by atoms with Crippen LogP contribution in [-0.4, -0.2) is 0 Å². The van der Waals surface area contributed by atoms with Crippen molar-refractivity contribution >= 4 is 0 Å². The van der Waals surface area contributed by atoms with Crippen molar-refractivity contribution in [3.05, 3.63) is 12.2 Å². The smallest absolute Gasteiger partial charge is 0.0621 e. The molecule has 1 heteroatoms. The summed E-state index contributed by atoms with van der Waals surface area (Å²) in [5.41, 5.74) is 2.17. The highest BCUT2D eigenvalue weighted by atomic mass is 14.6. The van der Waals surface area contributed by atoms with Gasteiger partial charge in [-0.25, -0.2) is 0 Å². The van der Waals surface area contributed by atoms with Crippen molar-refractivity contribution in [1.29, 1.82) is 5.26 Å². The first-order valence-corrected chi connectivity index (χ1v) is 15.5. The molecule has 0 amide bonds. The van der Waals surface area contributed by atoms with Crippen LogP contribution in [-0.2, 0) is 0 Å². The number of allylic oxidation sites excluding steroid dienone is 1. The average molecular weight is 484 g/mol. The molecule has 0 aromatic heterocycles. The van der Waals surface area contributed by atoms with Gasteiger partial charge >= 0.3 is 0 Å². The zero-order chi connectivity index (χ0) is 26.4. The van der Waals surface area contributed by atoms with E-state index >= 15 is 0 Å². The van der Waals surface area contributed by atoms with Crippen molar-refractivity contribution in [1.82, 2.24) is 0 Å². The second kappa shape index (κ2) is 13.2. The van der Waals surface area contributed by atoms with Gasteiger partial charge in [-0.1, -0.05) is 86.8 Å². The molecule has 202 valence electrons. The highest BCUT2D eigenvalue weighted by Gasteiger charge is 2.56. The SMILES string of the molecule is C=C(C)[C@](C)(CCC(C)CCC#N)C1CC[C@]2(C)[C@@H]([C@H](C)CC[C@@H](CC)C(C)C)CC[C@H]2[C@@H]1CC. The van der Waals surface area contributed by atoms with Crippen molar-refractivity contribution < 1.29 is 0 Å². The number of nitrogens with zero attached hydrogens (tertiary/aromatic N) is 1. The molecule has 2 aliphatic rings. The zero-order valence-corrected chi connectivity index (χ0v) is 25.3. The van der Waals surface area contributed by atoms with E-state index in [1.165, 1.54) is 69.8 Å². The lowest BCUT2D eigenvalue weighted by Gasteiger charge is -2.55. The number of nitriles is 1. The molecule has 9 atom stereocenters. The summed E-state index contributed by atoms with van der Waals surface area (Å²) in [5, 5.41) is 9.01. The van der Waals surface area contributed by atoms with E-state index in [0.29, 0.717) is 17.8 Å². The molecule has 0 aromatic carbocycles. The fourth-order valence-electron chi connectivity index (χ4n) is 9.03. The van der Waals surface area contributed by atoms with Gasteiger partial charge in [0, 0.05) is 6.42 Å². The molecule has 0 radical (unpaired) electrons. The summed E-state index contributed by atoms with van der Waals surface area (Å²) in [5.74, 6) is 6.62. The summed E-state index contributed by atoms with van der Waals surface area (Å²) in [7, 11) is 0.